The van der Waals surface area contributed by atoms with Gasteiger partial charge in [0.05, 0.1) is 11.4 Å². The predicted octanol–water partition coefficient (Wildman–Crippen LogP) is 3.76. The van der Waals surface area contributed by atoms with Gasteiger partial charge in [0.25, 0.3) is 0 Å². The van der Waals surface area contributed by atoms with Crippen molar-refractivity contribution in [2.75, 3.05) is 13.1 Å². The van der Waals surface area contributed by atoms with E-state index in [-0.39, 0.29) is 5.78 Å². The third kappa shape index (κ3) is 4.01. The number of thiophene rings is 1. The highest BCUT2D eigenvalue weighted by Gasteiger charge is 2.13. The zero-order chi connectivity index (χ0) is 13.7. The molecule has 0 fully saturated rings. The largest absolute Gasteiger partial charge is 0.292 e. The molecule has 0 radical (unpaired) electrons. The number of aryl methyl sites for hydroxylation is 1. The van der Waals surface area contributed by atoms with Gasteiger partial charge in [0.15, 0.2) is 5.78 Å². The first-order valence-electron chi connectivity index (χ1n) is 6.55. The van der Waals surface area contributed by atoms with E-state index in [1.54, 1.807) is 11.3 Å². The predicted molar refractivity (Wildman–Crippen MR) is 80.8 cm³/mol. The number of hydrogen-bond donors (Lipinski definition) is 0. The topological polar surface area (TPSA) is 20.3 Å². The fraction of sp³-hybridized carbons (Fsp3) is 0.312. The Kier molecular flexibility index (Phi) is 4.88. The van der Waals surface area contributed by atoms with E-state index in [0.717, 1.165) is 18.0 Å². The Bertz CT molecular complexity index is 533. The Labute approximate surface area is 118 Å². The van der Waals surface area contributed by atoms with Crippen molar-refractivity contribution in [2.24, 2.45) is 0 Å². The lowest BCUT2D eigenvalue weighted by atomic mass is 10.2. The summed E-state index contributed by atoms with van der Waals surface area (Å²) < 4.78 is 0. The van der Waals surface area contributed by atoms with Crippen molar-refractivity contribution < 1.29 is 4.79 Å². The van der Waals surface area contributed by atoms with Gasteiger partial charge in [-0.15, -0.1) is 11.3 Å². The van der Waals surface area contributed by atoms with Gasteiger partial charge in [-0.3, -0.25) is 9.69 Å². The summed E-state index contributed by atoms with van der Waals surface area (Å²) in [7, 11) is 0. The summed E-state index contributed by atoms with van der Waals surface area (Å²) >= 11 is 1.58. The Morgan fingerprint density at radius 2 is 1.89 bits per heavy atom. The van der Waals surface area contributed by atoms with Crippen LogP contribution in [0.5, 0.6) is 0 Å². The van der Waals surface area contributed by atoms with Crippen LogP contribution in [0.15, 0.2) is 42.5 Å². The van der Waals surface area contributed by atoms with Crippen LogP contribution in [0.1, 0.15) is 27.0 Å². The van der Waals surface area contributed by atoms with E-state index in [0.29, 0.717) is 6.54 Å². The summed E-state index contributed by atoms with van der Waals surface area (Å²) in [5.74, 6) is 0.218. The molecule has 1 heterocycles. The van der Waals surface area contributed by atoms with Gasteiger partial charge in [-0.1, -0.05) is 37.3 Å². The van der Waals surface area contributed by atoms with Crippen LogP contribution in [-0.4, -0.2) is 23.8 Å². The van der Waals surface area contributed by atoms with E-state index >= 15 is 0 Å². The van der Waals surface area contributed by atoms with Crippen molar-refractivity contribution in [3.63, 3.8) is 0 Å². The number of Topliss-reactive ketones (excluding diaryl/α,β-unsaturated/α-hetero) is 1. The summed E-state index contributed by atoms with van der Waals surface area (Å²) in [6.07, 6.45) is 0. The van der Waals surface area contributed by atoms with E-state index < -0.39 is 0 Å². The minimum absolute atomic E-state index is 0.218. The Hall–Kier alpha value is -1.45. The van der Waals surface area contributed by atoms with Crippen molar-refractivity contribution in [1.29, 1.82) is 0 Å². The maximum absolute atomic E-state index is 12.2. The van der Waals surface area contributed by atoms with Crippen LogP contribution in [0.25, 0.3) is 0 Å². The molecular formula is C16H19NOS. The lowest BCUT2D eigenvalue weighted by Crippen LogP contribution is -2.29. The van der Waals surface area contributed by atoms with Gasteiger partial charge in [0.2, 0.25) is 0 Å². The van der Waals surface area contributed by atoms with Crippen LogP contribution in [0, 0.1) is 6.92 Å². The molecule has 0 aliphatic heterocycles. The number of carbonyl (C=O) groups is 1. The number of ketones is 1. The number of nitrogens with zero attached hydrogens (tertiary/aromatic N) is 1. The van der Waals surface area contributed by atoms with Crippen LogP contribution >= 0.6 is 11.3 Å². The van der Waals surface area contributed by atoms with Crippen LogP contribution < -0.4 is 0 Å². The van der Waals surface area contributed by atoms with Crippen LogP contribution in [0.2, 0.25) is 0 Å². The number of likely N-dealkylation sites (N-methyl/N-ethyl adjacent to an activating group) is 1. The number of hydrogen-bond acceptors (Lipinski definition) is 3. The fourth-order valence-corrected chi connectivity index (χ4v) is 2.78. The maximum Gasteiger partial charge on any atom is 0.186 e. The molecule has 1 aromatic heterocycles. The molecule has 100 valence electrons. The molecule has 0 amide bonds. The molecule has 0 saturated heterocycles. The van der Waals surface area contributed by atoms with Crippen LogP contribution in [0.4, 0.5) is 0 Å². The van der Waals surface area contributed by atoms with Crippen molar-refractivity contribution in [3.8, 4) is 0 Å². The van der Waals surface area contributed by atoms with Gasteiger partial charge in [-0.2, -0.15) is 0 Å². The average Bonchev–Trinajstić information content (AvgIpc) is 2.86. The second-order valence-electron chi connectivity index (χ2n) is 4.62. The number of rotatable bonds is 6. The van der Waals surface area contributed by atoms with E-state index in [1.807, 2.05) is 37.3 Å². The standard InChI is InChI=1S/C16H19NOS/c1-3-17(11-14-7-5-4-6-8-14)12-15(18)16-10-9-13(2)19-16/h4-10H,3,11-12H2,1-2H3. The first kappa shape index (κ1) is 14.0. The minimum atomic E-state index is 0.218. The summed E-state index contributed by atoms with van der Waals surface area (Å²) in [4.78, 5) is 16.4. The molecular weight excluding hydrogens is 254 g/mol. The maximum atomic E-state index is 12.2. The molecule has 0 N–H and O–H groups in total. The quantitative estimate of drug-likeness (QED) is 0.747. The van der Waals surface area contributed by atoms with Crippen molar-refractivity contribution in [1.82, 2.24) is 4.90 Å². The molecule has 1 aromatic carbocycles. The molecule has 2 aromatic rings. The van der Waals surface area contributed by atoms with Crippen LogP contribution in [-0.2, 0) is 6.54 Å². The van der Waals surface area contributed by atoms with Crippen molar-refractivity contribution in [2.45, 2.75) is 20.4 Å². The average molecular weight is 273 g/mol. The minimum Gasteiger partial charge on any atom is -0.292 e. The van der Waals surface area contributed by atoms with E-state index in [1.165, 1.54) is 10.4 Å². The van der Waals surface area contributed by atoms with E-state index in [9.17, 15) is 4.79 Å². The van der Waals surface area contributed by atoms with Gasteiger partial charge in [0.1, 0.15) is 0 Å². The van der Waals surface area contributed by atoms with Gasteiger partial charge in [-0.05, 0) is 31.2 Å². The molecule has 3 heteroatoms. The molecule has 0 atom stereocenters. The molecule has 0 bridgehead atoms. The lowest BCUT2D eigenvalue weighted by molar-refractivity contribution is 0.0933. The Morgan fingerprint density at radius 3 is 2.47 bits per heavy atom. The lowest BCUT2D eigenvalue weighted by Gasteiger charge is -2.19. The van der Waals surface area contributed by atoms with Crippen molar-refractivity contribution >= 4 is 17.1 Å². The Balaban J connectivity index is 1.97. The monoisotopic (exact) mass is 273 g/mol. The molecule has 19 heavy (non-hydrogen) atoms. The van der Waals surface area contributed by atoms with Gasteiger partial charge in [0, 0.05) is 11.4 Å². The smallest absolute Gasteiger partial charge is 0.186 e. The third-order valence-electron chi connectivity index (χ3n) is 3.08. The first-order valence-corrected chi connectivity index (χ1v) is 7.36. The number of benzene rings is 1. The van der Waals surface area contributed by atoms with E-state index in [2.05, 4.69) is 24.0 Å². The molecule has 0 unspecified atom stereocenters. The highest BCUT2D eigenvalue weighted by atomic mass is 32.1. The molecule has 0 aliphatic rings. The normalized spacial score (nSPS) is 10.9. The molecule has 0 saturated carbocycles. The van der Waals surface area contributed by atoms with Crippen molar-refractivity contribution in [3.05, 3.63) is 57.8 Å². The zero-order valence-corrected chi connectivity index (χ0v) is 12.2. The first-order chi connectivity index (χ1) is 9.19. The molecule has 0 spiro atoms. The third-order valence-corrected chi connectivity index (χ3v) is 4.12. The summed E-state index contributed by atoms with van der Waals surface area (Å²) in [5, 5.41) is 0. The highest BCUT2D eigenvalue weighted by molar-refractivity contribution is 7.14. The summed E-state index contributed by atoms with van der Waals surface area (Å²) in [6.45, 7) is 6.32. The van der Waals surface area contributed by atoms with Gasteiger partial charge in [-0.25, -0.2) is 0 Å². The number of carbonyl (C=O) groups excluding carboxylic acids is 1. The molecule has 0 aliphatic carbocycles. The Morgan fingerprint density at radius 1 is 1.16 bits per heavy atom. The van der Waals surface area contributed by atoms with Gasteiger partial charge < -0.3 is 0 Å². The van der Waals surface area contributed by atoms with Crippen LogP contribution in [0.3, 0.4) is 0 Å². The highest BCUT2D eigenvalue weighted by Crippen LogP contribution is 2.16. The summed E-state index contributed by atoms with van der Waals surface area (Å²) in [6, 6.07) is 14.2. The second kappa shape index (κ2) is 6.64. The second-order valence-corrected chi connectivity index (χ2v) is 5.91. The fourth-order valence-electron chi connectivity index (χ4n) is 1.99. The molecule has 2 rings (SSSR count). The molecule has 2 nitrogen and oxygen atoms in total. The summed E-state index contributed by atoms with van der Waals surface area (Å²) in [5.41, 5.74) is 1.25. The van der Waals surface area contributed by atoms with Gasteiger partial charge >= 0.3 is 0 Å². The zero-order valence-electron chi connectivity index (χ0n) is 11.4. The van der Waals surface area contributed by atoms with E-state index in [4.69, 9.17) is 0 Å². The SMILES string of the molecule is CCN(CC(=O)c1ccc(C)s1)Cc1ccccc1.